The highest BCUT2D eigenvalue weighted by atomic mass is 32.3. The molecular formula is C23H33N5O2S. The Labute approximate surface area is 185 Å². The van der Waals surface area contributed by atoms with E-state index in [2.05, 4.69) is 30.6 Å². The highest BCUT2D eigenvalue weighted by Crippen LogP contribution is 2.29. The van der Waals surface area contributed by atoms with Gasteiger partial charge in [0.2, 0.25) is 0 Å². The zero-order chi connectivity index (χ0) is 21.8. The minimum atomic E-state index is -2.16. The molecule has 0 unspecified atom stereocenters. The molecule has 7 nitrogen and oxygen atoms in total. The number of fused-ring (bicyclic) bond motifs is 1. The number of nitrogens with one attached hydrogen (secondary N) is 1. The number of aromatic nitrogens is 2. The second-order valence-electron chi connectivity index (χ2n) is 9.02. The minimum absolute atomic E-state index is 0.00420. The largest absolute Gasteiger partial charge is 0.367 e. The van der Waals surface area contributed by atoms with Crippen molar-refractivity contribution < 1.29 is 9.00 Å². The highest BCUT2D eigenvalue weighted by Gasteiger charge is 2.24. The lowest BCUT2D eigenvalue weighted by atomic mass is 9.97. The van der Waals surface area contributed by atoms with Gasteiger partial charge in [-0.05, 0) is 55.4 Å². The molecule has 1 fully saturated rings. The second kappa shape index (κ2) is 9.44. The Morgan fingerprint density at radius 2 is 1.90 bits per heavy atom. The van der Waals surface area contributed by atoms with Crippen molar-refractivity contribution in [2.24, 2.45) is 5.92 Å². The second-order valence-corrected chi connectivity index (χ2v) is 12.2. The van der Waals surface area contributed by atoms with Crippen molar-refractivity contribution in [1.29, 1.82) is 0 Å². The molecule has 4 rings (SSSR count). The van der Waals surface area contributed by atoms with Gasteiger partial charge >= 0.3 is 0 Å². The average Bonchev–Trinajstić information content (AvgIpc) is 2.78. The molecule has 0 aliphatic carbocycles. The fraction of sp³-hybridized carbons (Fsp3) is 0.522. The number of carbonyl (C=O) groups excluding carboxylic acids is 1. The summed E-state index contributed by atoms with van der Waals surface area (Å²) in [7, 11) is -2.16. The molecular weight excluding hydrogens is 410 g/mol. The van der Waals surface area contributed by atoms with Gasteiger partial charge in [0.15, 0.2) is 0 Å². The van der Waals surface area contributed by atoms with E-state index in [0.717, 1.165) is 63.0 Å². The Balaban J connectivity index is 1.34. The van der Waals surface area contributed by atoms with Crippen LogP contribution in [0.25, 0.3) is 0 Å². The van der Waals surface area contributed by atoms with Crippen LogP contribution in [0.15, 0.2) is 36.9 Å². The molecule has 0 spiro atoms. The molecule has 3 heterocycles. The van der Waals surface area contributed by atoms with Gasteiger partial charge in [-0.3, -0.25) is 9.00 Å². The SMILES string of the molecule is C[SH](C)(=O)N1CCC(CNC(=O)c2ccc3c(c2)CCCN3Cc2cncnc2)CC1. The predicted molar refractivity (Wildman–Crippen MR) is 126 cm³/mol. The monoisotopic (exact) mass is 443 g/mol. The van der Waals surface area contributed by atoms with Crippen LogP contribution in [0.4, 0.5) is 5.69 Å². The first kappa shape index (κ1) is 21.9. The quantitative estimate of drug-likeness (QED) is 0.669. The molecule has 1 aromatic carbocycles. The first-order valence-electron chi connectivity index (χ1n) is 11.1. The van der Waals surface area contributed by atoms with Crippen LogP contribution in [-0.2, 0) is 23.1 Å². The first-order valence-corrected chi connectivity index (χ1v) is 13.7. The third kappa shape index (κ3) is 5.49. The number of rotatable bonds is 6. The van der Waals surface area contributed by atoms with Crippen LogP contribution in [0.3, 0.4) is 0 Å². The number of hydrogen-bond acceptors (Lipinski definition) is 5. The average molecular weight is 444 g/mol. The maximum Gasteiger partial charge on any atom is 0.251 e. The van der Waals surface area contributed by atoms with Crippen LogP contribution in [0, 0.1) is 5.92 Å². The van der Waals surface area contributed by atoms with E-state index in [0.29, 0.717) is 12.5 Å². The summed E-state index contributed by atoms with van der Waals surface area (Å²) in [6.45, 7) is 4.16. The van der Waals surface area contributed by atoms with Crippen molar-refractivity contribution in [2.75, 3.05) is 43.6 Å². The summed E-state index contributed by atoms with van der Waals surface area (Å²) < 4.78 is 14.3. The smallest absolute Gasteiger partial charge is 0.251 e. The Bertz CT molecular complexity index is 954. The lowest BCUT2D eigenvalue weighted by molar-refractivity contribution is 0.0941. The number of aryl methyl sites for hydroxylation is 1. The molecule has 8 heteroatoms. The summed E-state index contributed by atoms with van der Waals surface area (Å²) in [4.78, 5) is 23.3. The van der Waals surface area contributed by atoms with Crippen molar-refractivity contribution in [1.82, 2.24) is 19.6 Å². The van der Waals surface area contributed by atoms with E-state index in [9.17, 15) is 9.00 Å². The molecule has 0 atom stereocenters. The van der Waals surface area contributed by atoms with Gasteiger partial charge in [-0.15, -0.1) is 0 Å². The number of thiol groups is 1. The van der Waals surface area contributed by atoms with Crippen molar-refractivity contribution in [3.63, 3.8) is 0 Å². The zero-order valence-electron chi connectivity index (χ0n) is 18.5. The van der Waals surface area contributed by atoms with E-state index in [1.165, 1.54) is 11.3 Å². The molecule has 168 valence electrons. The maximum absolute atomic E-state index is 12.8. The number of carbonyl (C=O) groups is 1. The normalized spacial score (nSPS) is 18.5. The van der Waals surface area contributed by atoms with Gasteiger partial charge in [-0.1, -0.05) is 10.1 Å². The fourth-order valence-electron chi connectivity index (χ4n) is 4.56. The van der Waals surface area contributed by atoms with Gasteiger partial charge < -0.3 is 10.2 Å². The minimum Gasteiger partial charge on any atom is -0.367 e. The molecule has 2 aliphatic rings. The summed E-state index contributed by atoms with van der Waals surface area (Å²) in [5.41, 5.74) is 4.24. The number of benzene rings is 1. The summed E-state index contributed by atoms with van der Waals surface area (Å²) in [5.74, 6) is 0.448. The van der Waals surface area contributed by atoms with E-state index in [-0.39, 0.29) is 5.91 Å². The molecule has 2 aromatic rings. The van der Waals surface area contributed by atoms with E-state index in [1.807, 2.05) is 37.0 Å². The molecule has 0 radical (unpaired) electrons. The molecule has 1 N–H and O–H groups in total. The summed E-state index contributed by atoms with van der Waals surface area (Å²) in [5, 5.41) is 3.12. The van der Waals surface area contributed by atoms with Crippen LogP contribution in [0.2, 0.25) is 0 Å². The van der Waals surface area contributed by atoms with Crippen LogP contribution in [0.1, 0.15) is 40.7 Å². The molecule has 1 aromatic heterocycles. The van der Waals surface area contributed by atoms with Crippen molar-refractivity contribution in [2.45, 2.75) is 32.2 Å². The Hall–Kier alpha value is -2.32. The van der Waals surface area contributed by atoms with E-state index >= 15 is 0 Å². The Morgan fingerprint density at radius 1 is 1.16 bits per heavy atom. The number of amides is 1. The number of nitrogens with zero attached hydrogens (tertiary/aromatic N) is 4. The highest BCUT2D eigenvalue weighted by molar-refractivity contribution is 7.99. The standard InChI is InChI=1S/C23H33N5O2S/c1-31(2,30)28-10-7-18(8-11-28)15-26-23(29)21-5-6-22-20(12-21)4-3-9-27(22)16-19-13-24-17-25-14-19/h5-6,12-14,17-18,31H,3-4,7-11,15-16H2,1-2H3,(H,26,29). The third-order valence-corrected chi connectivity index (χ3v) is 8.13. The number of piperidine rings is 1. The summed E-state index contributed by atoms with van der Waals surface area (Å²) >= 11 is 0. The fourth-order valence-corrected chi connectivity index (χ4v) is 5.75. The molecule has 1 amide bonds. The molecule has 2 aliphatic heterocycles. The van der Waals surface area contributed by atoms with Crippen molar-refractivity contribution in [3.8, 4) is 0 Å². The molecule has 1 saturated heterocycles. The number of hydrogen-bond donors (Lipinski definition) is 2. The van der Waals surface area contributed by atoms with Crippen LogP contribution in [0.5, 0.6) is 0 Å². The number of anilines is 1. The lowest BCUT2D eigenvalue weighted by Crippen LogP contribution is -2.43. The summed E-state index contributed by atoms with van der Waals surface area (Å²) in [6, 6.07) is 6.05. The van der Waals surface area contributed by atoms with E-state index < -0.39 is 10.1 Å². The van der Waals surface area contributed by atoms with Gasteiger partial charge in [-0.2, -0.15) is 0 Å². The Morgan fingerprint density at radius 3 is 2.61 bits per heavy atom. The van der Waals surface area contributed by atoms with Gasteiger partial charge in [-0.25, -0.2) is 14.3 Å². The maximum atomic E-state index is 12.8. The molecule has 0 bridgehead atoms. The van der Waals surface area contributed by atoms with Crippen LogP contribution < -0.4 is 10.2 Å². The van der Waals surface area contributed by atoms with Crippen LogP contribution >= 0.6 is 0 Å². The first-order chi connectivity index (χ1) is 14.9. The van der Waals surface area contributed by atoms with E-state index in [1.54, 1.807) is 6.33 Å². The van der Waals surface area contributed by atoms with Gasteiger partial charge in [0.25, 0.3) is 5.91 Å². The van der Waals surface area contributed by atoms with Crippen LogP contribution in [-0.4, -0.2) is 63.1 Å². The van der Waals surface area contributed by atoms with Gasteiger partial charge in [0, 0.05) is 74.4 Å². The lowest BCUT2D eigenvalue weighted by Gasteiger charge is -2.37. The van der Waals surface area contributed by atoms with E-state index in [4.69, 9.17) is 0 Å². The zero-order valence-corrected chi connectivity index (χ0v) is 19.4. The predicted octanol–water partition coefficient (Wildman–Crippen LogP) is 2.06. The topological polar surface area (TPSA) is 78.4 Å². The molecule has 0 saturated carbocycles. The van der Waals surface area contributed by atoms with Gasteiger partial charge in [0.05, 0.1) is 0 Å². The van der Waals surface area contributed by atoms with Crippen molar-refractivity contribution >= 4 is 21.7 Å². The van der Waals surface area contributed by atoms with Gasteiger partial charge in [0.1, 0.15) is 6.33 Å². The van der Waals surface area contributed by atoms with Crippen molar-refractivity contribution in [3.05, 3.63) is 53.6 Å². The summed E-state index contributed by atoms with van der Waals surface area (Å²) in [6.07, 6.45) is 12.9. The third-order valence-electron chi connectivity index (χ3n) is 6.37. The Kier molecular flexibility index (Phi) is 6.67. The molecule has 31 heavy (non-hydrogen) atoms.